The number of methoxy groups -OCH3 is 1. The maximum atomic E-state index is 10.7. The van der Waals surface area contributed by atoms with E-state index in [1.54, 1.807) is 14.0 Å². The number of fused-ring (bicyclic) bond motifs is 1. The highest BCUT2D eigenvalue weighted by atomic mass is 16.5. The van der Waals surface area contributed by atoms with Gasteiger partial charge in [0.15, 0.2) is 0 Å². The Morgan fingerprint density at radius 1 is 1.08 bits per heavy atom. The quantitative estimate of drug-likeness (QED) is 0.886. The van der Waals surface area contributed by atoms with Crippen LogP contribution in [-0.4, -0.2) is 29.0 Å². The van der Waals surface area contributed by atoms with Crippen molar-refractivity contribution in [3.8, 4) is 11.5 Å². The van der Waals surface area contributed by atoms with E-state index in [4.69, 9.17) is 9.47 Å². The highest BCUT2D eigenvalue weighted by Gasteiger charge is 2.38. The maximum absolute atomic E-state index is 10.7. The first kappa shape index (κ1) is 16.8. The van der Waals surface area contributed by atoms with E-state index in [2.05, 4.69) is 0 Å². The van der Waals surface area contributed by atoms with E-state index in [-0.39, 0.29) is 0 Å². The predicted molar refractivity (Wildman–Crippen MR) is 92.4 cm³/mol. The van der Waals surface area contributed by atoms with Gasteiger partial charge in [-0.15, -0.1) is 0 Å². The Balaban J connectivity index is 1.90. The third-order valence-electron chi connectivity index (χ3n) is 4.87. The first-order valence-electron chi connectivity index (χ1n) is 8.29. The van der Waals surface area contributed by atoms with Gasteiger partial charge in [0.25, 0.3) is 0 Å². The Labute approximate surface area is 142 Å². The molecule has 0 fully saturated rings. The van der Waals surface area contributed by atoms with E-state index >= 15 is 0 Å². The van der Waals surface area contributed by atoms with Crippen LogP contribution in [0.5, 0.6) is 11.5 Å². The van der Waals surface area contributed by atoms with Gasteiger partial charge in [-0.05, 0) is 37.5 Å². The lowest BCUT2D eigenvalue weighted by Crippen LogP contribution is -2.45. The summed E-state index contributed by atoms with van der Waals surface area (Å²) in [5.74, 6) is 1.55. The molecule has 3 rings (SSSR count). The van der Waals surface area contributed by atoms with Crippen LogP contribution in [0.1, 0.15) is 30.0 Å². The molecule has 0 aromatic heterocycles. The predicted octanol–water partition coefficient (Wildman–Crippen LogP) is 2.87. The molecular formula is C20H24O4. The van der Waals surface area contributed by atoms with E-state index in [1.165, 1.54) is 0 Å². The molecule has 2 N–H and O–H groups in total. The Hall–Kier alpha value is -2.04. The van der Waals surface area contributed by atoms with Gasteiger partial charge in [-0.2, -0.15) is 0 Å². The third-order valence-corrected chi connectivity index (χ3v) is 4.87. The van der Waals surface area contributed by atoms with Crippen LogP contribution >= 0.6 is 0 Å². The largest absolute Gasteiger partial charge is 0.496 e. The van der Waals surface area contributed by atoms with Gasteiger partial charge in [0.1, 0.15) is 18.1 Å². The van der Waals surface area contributed by atoms with Gasteiger partial charge in [-0.3, -0.25) is 0 Å². The number of rotatable bonds is 5. The topological polar surface area (TPSA) is 58.9 Å². The fourth-order valence-corrected chi connectivity index (χ4v) is 3.27. The zero-order valence-corrected chi connectivity index (χ0v) is 14.2. The first-order chi connectivity index (χ1) is 11.5. The van der Waals surface area contributed by atoms with Gasteiger partial charge in [0.2, 0.25) is 0 Å². The van der Waals surface area contributed by atoms with Crippen LogP contribution in [0.2, 0.25) is 0 Å². The molecule has 4 heteroatoms. The second-order valence-corrected chi connectivity index (χ2v) is 6.45. The zero-order valence-electron chi connectivity index (χ0n) is 14.2. The van der Waals surface area contributed by atoms with Crippen molar-refractivity contribution in [3.63, 3.8) is 0 Å². The summed E-state index contributed by atoms with van der Waals surface area (Å²) < 4.78 is 11.5. The second-order valence-electron chi connectivity index (χ2n) is 6.45. The van der Waals surface area contributed by atoms with Crippen LogP contribution in [0.3, 0.4) is 0 Å². The van der Waals surface area contributed by atoms with E-state index in [1.807, 2.05) is 42.5 Å². The normalized spacial score (nSPS) is 21.0. The van der Waals surface area contributed by atoms with Crippen molar-refractivity contribution < 1.29 is 19.7 Å². The number of aliphatic hydroxyl groups is 2. The van der Waals surface area contributed by atoms with E-state index in [0.717, 1.165) is 28.2 Å². The average Bonchev–Trinajstić information content (AvgIpc) is 2.60. The molecule has 0 spiro atoms. The zero-order chi connectivity index (χ0) is 17.2. The van der Waals surface area contributed by atoms with Gasteiger partial charge in [0, 0.05) is 17.5 Å². The molecule has 4 nitrogen and oxygen atoms in total. The van der Waals surface area contributed by atoms with Crippen LogP contribution in [0.15, 0.2) is 42.5 Å². The summed E-state index contributed by atoms with van der Waals surface area (Å²) in [5, 5.41) is 20.7. The third kappa shape index (κ3) is 3.25. The van der Waals surface area contributed by atoms with Crippen LogP contribution < -0.4 is 9.47 Å². The van der Waals surface area contributed by atoms with Crippen LogP contribution in [0, 0.1) is 0 Å². The summed E-state index contributed by atoms with van der Waals surface area (Å²) in [7, 11) is 1.65. The standard InChI is InChI=1S/C20H24O4/c1-14(21)20(22)11-10-16-17(12-20)19(9-8-18(16)23-2)24-13-15-6-4-3-5-7-15/h3-9,14,21-22H,10-13H2,1-2H3. The van der Waals surface area contributed by atoms with Crippen molar-refractivity contribution in [1.82, 2.24) is 0 Å². The molecule has 24 heavy (non-hydrogen) atoms. The van der Waals surface area contributed by atoms with E-state index < -0.39 is 11.7 Å². The van der Waals surface area contributed by atoms with Gasteiger partial charge >= 0.3 is 0 Å². The Kier molecular flexibility index (Phi) is 4.78. The Morgan fingerprint density at radius 2 is 1.79 bits per heavy atom. The van der Waals surface area contributed by atoms with Crippen molar-refractivity contribution in [1.29, 1.82) is 0 Å². The van der Waals surface area contributed by atoms with Crippen molar-refractivity contribution >= 4 is 0 Å². The summed E-state index contributed by atoms with van der Waals surface area (Å²) >= 11 is 0. The smallest absolute Gasteiger partial charge is 0.123 e. The lowest BCUT2D eigenvalue weighted by atomic mass is 9.77. The van der Waals surface area contributed by atoms with Crippen molar-refractivity contribution in [3.05, 3.63) is 59.2 Å². The fourth-order valence-electron chi connectivity index (χ4n) is 3.27. The van der Waals surface area contributed by atoms with Crippen LogP contribution in [-0.2, 0) is 19.4 Å². The minimum atomic E-state index is -1.12. The minimum Gasteiger partial charge on any atom is -0.496 e. The molecular weight excluding hydrogens is 304 g/mol. The number of ether oxygens (including phenoxy) is 2. The summed E-state index contributed by atoms with van der Waals surface area (Å²) in [4.78, 5) is 0. The van der Waals surface area contributed by atoms with E-state index in [0.29, 0.717) is 25.9 Å². The van der Waals surface area contributed by atoms with Crippen LogP contribution in [0.25, 0.3) is 0 Å². The minimum absolute atomic E-state index is 0.362. The first-order valence-corrected chi connectivity index (χ1v) is 8.29. The molecule has 0 bridgehead atoms. The Bertz CT molecular complexity index is 696. The van der Waals surface area contributed by atoms with Crippen molar-refractivity contribution in [2.75, 3.05) is 7.11 Å². The molecule has 0 aliphatic heterocycles. The summed E-state index contributed by atoms with van der Waals surface area (Å²) in [6.07, 6.45) is 0.735. The second kappa shape index (κ2) is 6.83. The molecule has 0 radical (unpaired) electrons. The van der Waals surface area contributed by atoms with Crippen molar-refractivity contribution in [2.24, 2.45) is 0 Å². The van der Waals surface area contributed by atoms with Crippen LogP contribution in [0.4, 0.5) is 0 Å². The highest BCUT2D eigenvalue weighted by molar-refractivity contribution is 5.51. The molecule has 0 saturated heterocycles. The molecule has 0 amide bonds. The SMILES string of the molecule is COc1ccc(OCc2ccccc2)c2c1CCC(O)(C(C)O)C2. The molecule has 2 aromatic rings. The molecule has 0 heterocycles. The Morgan fingerprint density at radius 3 is 2.46 bits per heavy atom. The van der Waals surface area contributed by atoms with Crippen molar-refractivity contribution in [2.45, 2.75) is 44.5 Å². The molecule has 0 saturated carbocycles. The molecule has 1 aliphatic rings. The fraction of sp³-hybridized carbons (Fsp3) is 0.400. The number of aliphatic hydroxyl groups excluding tert-OH is 1. The monoisotopic (exact) mass is 328 g/mol. The molecule has 1 aliphatic carbocycles. The maximum Gasteiger partial charge on any atom is 0.123 e. The molecule has 2 unspecified atom stereocenters. The lowest BCUT2D eigenvalue weighted by Gasteiger charge is -2.37. The van der Waals surface area contributed by atoms with Gasteiger partial charge in [-0.25, -0.2) is 0 Å². The summed E-state index contributed by atoms with van der Waals surface area (Å²) in [6.45, 7) is 2.10. The lowest BCUT2D eigenvalue weighted by molar-refractivity contribution is -0.0749. The summed E-state index contributed by atoms with van der Waals surface area (Å²) in [6, 6.07) is 13.8. The van der Waals surface area contributed by atoms with Gasteiger partial charge in [0.05, 0.1) is 18.8 Å². The average molecular weight is 328 g/mol. The number of hydrogen-bond acceptors (Lipinski definition) is 4. The van der Waals surface area contributed by atoms with Gasteiger partial charge < -0.3 is 19.7 Å². The molecule has 128 valence electrons. The van der Waals surface area contributed by atoms with Gasteiger partial charge in [-0.1, -0.05) is 30.3 Å². The summed E-state index contributed by atoms with van der Waals surface area (Å²) in [5.41, 5.74) is 1.96. The molecule has 2 aromatic carbocycles. The number of hydrogen-bond donors (Lipinski definition) is 2. The highest BCUT2D eigenvalue weighted by Crippen LogP contribution is 2.40. The number of benzene rings is 2. The molecule has 2 atom stereocenters. The van der Waals surface area contributed by atoms with E-state index in [9.17, 15) is 10.2 Å².